The predicted molar refractivity (Wildman–Crippen MR) is 72.8 cm³/mol. The van der Waals surface area contributed by atoms with Gasteiger partial charge in [-0.2, -0.15) is 13.2 Å². The smallest absolute Gasteiger partial charge is 0.376 e. The molecular formula is C13H16ClF3N2O. The lowest BCUT2D eigenvalue weighted by Crippen LogP contribution is -2.37. The Labute approximate surface area is 120 Å². The summed E-state index contributed by atoms with van der Waals surface area (Å²) in [5.74, 6) is -0.205. The molecule has 0 atom stereocenters. The van der Waals surface area contributed by atoms with Gasteiger partial charge in [-0.05, 0) is 32.0 Å². The van der Waals surface area contributed by atoms with E-state index in [-0.39, 0.29) is 29.2 Å². The zero-order valence-electron chi connectivity index (χ0n) is 11.4. The van der Waals surface area contributed by atoms with E-state index in [0.717, 1.165) is 12.1 Å². The van der Waals surface area contributed by atoms with Crippen LogP contribution in [-0.4, -0.2) is 30.4 Å². The Hall–Kier alpha value is -1.43. The van der Waals surface area contributed by atoms with Gasteiger partial charge in [-0.3, -0.25) is 4.79 Å². The highest BCUT2D eigenvalue weighted by molar-refractivity contribution is 6.31. The average Bonchev–Trinajstić information content (AvgIpc) is 2.34. The van der Waals surface area contributed by atoms with Crippen LogP contribution >= 0.6 is 11.6 Å². The van der Waals surface area contributed by atoms with E-state index in [9.17, 15) is 18.0 Å². The summed E-state index contributed by atoms with van der Waals surface area (Å²) in [5.41, 5.74) is -0.721. The van der Waals surface area contributed by atoms with Crippen molar-refractivity contribution in [3.05, 3.63) is 28.8 Å². The second-order valence-corrected chi connectivity index (χ2v) is 5.05. The quantitative estimate of drug-likeness (QED) is 0.921. The highest BCUT2D eigenvalue weighted by atomic mass is 35.5. The molecule has 0 aliphatic carbocycles. The van der Waals surface area contributed by atoms with Crippen molar-refractivity contribution < 1.29 is 18.0 Å². The topological polar surface area (TPSA) is 32.3 Å². The van der Waals surface area contributed by atoms with E-state index in [1.807, 2.05) is 13.8 Å². The fraction of sp³-hybridized carbons (Fsp3) is 0.462. The van der Waals surface area contributed by atoms with E-state index in [0.29, 0.717) is 0 Å². The molecule has 0 saturated carbocycles. The minimum atomic E-state index is -4.52. The van der Waals surface area contributed by atoms with Crippen LogP contribution < -0.4 is 5.32 Å². The molecule has 0 aliphatic heterocycles. The number of amides is 1. The Morgan fingerprint density at radius 1 is 1.40 bits per heavy atom. The molecule has 20 heavy (non-hydrogen) atoms. The van der Waals surface area contributed by atoms with Crippen molar-refractivity contribution in [2.75, 3.05) is 18.9 Å². The van der Waals surface area contributed by atoms with Crippen molar-refractivity contribution in [1.82, 2.24) is 4.90 Å². The van der Waals surface area contributed by atoms with Crippen LogP contribution in [0.2, 0.25) is 5.02 Å². The highest BCUT2D eigenvalue weighted by Crippen LogP contribution is 2.36. The molecular weight excluding hydrogens is 293 g/mol. The first-order valence-corrected chi connectivity index (χ1v) is 6.37. The summed E-state index contributed by atoms with van der Waals surface area (Å²) in [7, 11) is 1.64. The van der Waals surface area contributed by atoms with Gasteiger partial charge in [0.1, 0.15) is 0 Å². The van der Waals surface area contributed by atoms with Crippen molar-refractivity contribution >= 4 is 23.2 Å². The third-order valence-electron chi connectivity index (χ3n) is 2.88. The maximum Gasteiger partial charge on any atom is 0.417 e. The van der Waals surface area contributed by atoms with Gasteiger partial charge in [-0.1, -0.05) is 11.6 Å². The zero-order valence-corrected chi connectivity index (χ0v) is 12.1. The lowest BCUT2D eigenvalue weighted by Gasteiger charge is -2.22. The molecule has 1 amide bonds. The van der Waals surface area contributed by atoms with Crippen LogP contribution in [0.5, 0.6) is 0 Å². The number of benzene rings is 1. The molecule has 3 nitrogen and oxygen atoms in total. The second kappa shape index (κ2) is 6.35. The summed E-state index contributed by atoms with van der Waals surface area (Å²) in [4.78, 5) is 13.2. The largest absolute Gasteiger partial charge is 0.417 e. The summed E-state index contributed by atoms with van der Waals surface area (Å²) in [6.07, 6.45) is -4.52. The predicted octanol–water partition coefficient (Wildman–Crippen LogP) is 3.64. The van der Waals surface area contributed by atoms with E-state index < -0.39 is 11.7 Å². The fourth-order valence-electron chi connectivity index (χ4n) is 1.44. The standard InChI is InChI=1S/C13H16ClF3N2O/c1-8(2)19(3)12(20)7-18-9-4-5-11(14)10(6-9)13(15,16)17/h4-6,8,18H,7H2,1-3H3. The molecule has 0 aliphatic rings. The fourth-order valence-corrected chi connectivity index (χ4v) is 1.67. The Bertz CT molecular complexity index is 489. The van der Waals surface area contributed by atoms with E-state index in [1.165, 1.54) is 11.0 Å². The Balaban J connectivity index is 2.78. The van der Waals surface area contributed by atoms with Gasteiger partial charge in [0.15, 0.2) is 0 Å². The third kappa shape index (κ3) is 4.30. The number of halogens is 4. The SMILES string of the molecule is CC(C)N(C)C(=O)CNc1ccc(Cl)c(C(F)(F)F)c1. The summed E-state index contributed by atoms with van der Waals surface area (Å²) in [6, 6.07) is 3.48. The van der Waals surface area contributed by atoms with Crippen molar-refractivity contribution in [1.29, 1.82) is 0 Å². The Morgan fingerprint density at radius 2 is 2.00 bits per heavy atom. The third-order valence-corrected chi connectivity index (χ3v) is 3.21. The van der Waals surface area contributed by atoms with E-state index in [4.69, 9.17) is 11.6 Å². The molecule has 112 valence electrons. The number of carbonyl (C=O) groups is 1. The number of carbonyl (C=O) groups excluding carboxylic acids is 1. The van der Waals surface area contributed by atoms with Crippen molar-refractivity contribution in [2.24, 2.45) is 0 Å². The van der Waals surface area contributed by atoms with Crippen LogP contribution in [0.15, 0.2) is 18.2 Å². The number of anilines is 1. The monoisotopic (exact) mass is 308 g/mol. The zero-order chi connectivity index (χ0) is 15.5. The lowest BCUT2D eigenvalue weighted by molar-refractivity contribution is -0.137. The number of likely N-dealkylation sites (N-methyl/N-ethyl adjacent to an activating group) is 1. The van der Waals surface area contributed by atoms with Crippen LogP contribution in [-0.2, 0) is 11.0 Å². The molecule has 1 rings (SSSR count). The van der Waals surface area contributed by atoms with Crippen LogP contribution in [0.1, 0.15) is 19.4 Å². The first-order chi connectivity index (χ1) is 9.12. The number of alkyl halides is 3. The molecule has 0 fully saturated rings. The molecule has 1 N–H and O–H groups in total. The average molecular weight is 309 g/mol. The maximum absolute atomic E-state index is 12.7. The van der Waals surface area contributed by atoms with Gasteiger partial charge in [0.05, 0.1) is 17.1 Å². The first-order valence-electron chi connectivity index (χ1n) is 5.99. The molecule has 1 aromatic rings. The van der Waals surface area contributed by atoms with E-state index in [2.05, 4.69) is 5.32 Å². The number of hydrogen-bond donors (Lipinski definition) is 1. The van der Waals surface area contributed by atoms with Gasteiger partial charge in [0, 0.05) is 18.8 Å². The van der Waals surface area contributed by atoms with Gasteiger partial charge < -0.3 is 10.2 Å². The molecule has 0 spiro atoms. The molecule has 0 aromatic heterocycles. The minimum absolute atomic E-state index is 0.0280. The van der Waals surface area contributed by atoms with Crippen LogP contribution in [0.4, 0.5) is 18.9 Å². The van der Waals surface area contributed by atoms with Gasteiger partial charge >= 0.3 is 6.18 Å². The van der Waals surface area contributed by atoms with Gasteiger partial charge in [0.2, 0.25) is 5.91 Å². The summed E-state index contributed by atoms with van der Waals surface area (Å²) in [6.45, 7) is 3.62. The van der Waals surface area contributed by atoms with Crippen LogP contribution in [0, 0.1) is 0 Å². The van der Waals surface area contributed by atoms with Crippen molar-refractivity contribution in [3.63, 3.8) is 0 Å². The van der Waals surface area contributed by atoms with Crippen LogP contribution in [0.25, 0.3) is 0 Å². The normalized spacial score (nSPS) is 11.6. The Kier molecular flexibility index (Phi) is 5.28. The van der Waals surface area contributed by atoms with Gasteiger partial charge in [-0.15, -0.1) is 0 Å². The van der Waals surface area contributed by atoms with E-state index >= 15 is 0 Å². The molecule has 1 aromatic carbocycles. The van der Waals surface area contributed by atoms with E-state index in [1.54, 1.807) is 7.05 Å². The molecule has 0 unspecified atom stereocenters. The molecule has 0 heterocycles. The summed E-state index contributed by atoms with van der Waals surface area (Å²) >= 11 is 5.51. The first kappa shape index (κ1) is 16.6. The van der Waals surface area contributed by atoms with Crippen molar-refractivity contribution in [3.8, 4) is 0 Å². The number of hydrogen-bond acceptors (Lipinski definition) is 2. The second-order valence-electron chi connectivity index (χ2n) is 4.64. The summed E-state index contributed by atoms with van der Waals surface area (Å²) < 4.78 is 38.0. The molecule has 0 radical (unpaired) electrons. The van der Waals surface area contributed by atoms with Crippen molar-refractivity contribution in [2.45, 2.75) is 26.1 Å². The molecule has 0 bridgehead atoms. The minimum Gasteiger partial charge on any atom is -0.376 e. The van der Waals surface area contributed by atoms with Gasteiger partial charge in [-0.25, -0.2) is 0 Å². The highest BCUT2D eigenvalue weighted by Gasteiger charge is 2.33. The summed E-state index contributed by atoms with van der Waals surface area (Å²) in [5, 5.41) is 2.30. The molecule has 0 saturated heterocycles. The number of nitrogens with zero attached hydrogens (tertiary/aromatic N) is 1. The Morgan fingerprint density at radius 3 is 2.50 bits per heavy atom. The lowest BCUT2D eigenvalue weighted by atomic mass is 10.2. The number of nitrogens with one attached hydrogen (secondary N) is 1. The number of rotatable bonds is 4. The van der Waals surface area contributed by atoms with Gasteiger partial charge in [0.25, 0.3) is 0 Å². The maximum atomic E-state index is 12.7. The molecule has 7 heteroatoms. The van der Waals surface area contributed by atoms with Crippen LogP contribution in [0.3, 0.4) is 0 Å².